The quantitative estimate of drug-likeness (QED) is 0.247. The first-order valence-corrected chi connectivity index (χ1v) is 7.84. The minimum atomic E-state index is -1.77. The van der Waals surface area contributed by atoms with Gasteiger partial charge in [-0.3, -0.25) is 0 Å². The molecule has 0 radical (unpaired) electrons. The molecular formula is C15H22O10. The van der Waals surface area contributed by atoms with Gasteiger partial charge in [-0.15, -0.1) is 0 Å². The highest BCUT2D eigenvalue weighted by atomic mass is 16.8. The molecule has 3 rings (SSSR count). The fourth-order valence-electron chi connectivity index (χ4n) is 3.39. The van der Waals surface area contributed by atoms with Gasteiger partial charge in [-0.2, -0.15) is 0 Å². The minimum Gasteiger partial charge on any atom is -0.472 e. The van der Waals surface area contributed by atoms with Crippen LogP contribution in [0.3, 0.4) is 0 Å². The maximum absolute atomic E-state index is 10.6. The van der Waals surface area contributed by atoms with E-state index in [1.165, 1.54) is 12.2 Å². The molecule has 1 saturated heterocycles. The molecule has 0 spiro atoms. The third-order valence-electron chi connectivity index (χ3n) is 4.86. The smallest absolute Gasteiger partial charge is 0.211 e. The zero-order chi connectivity index (χ0) is 18.4. The van der Waals surface area contributed by atoms with Crippen LogP contribution in [0.2, 0.25) is 0 Å². The van der Waals surface area contributed by atoms with Crippen LogP contribution in [-0.4, -0.2) is 97.7 Å². The van der Waals surface area contributed by atoms with Crippen LogP contribution in [0.4, 0.5) is 0 Å². The van der Waals surface area contributed by atoms with Gasteiger partial charge in [-0.05, 0) is 11.6 Å². The fourth-order valence-corrected chi connectivity index (χ4v) is 3.39. The molecule has 3 aliphatic rings. The van der Waals surface area contributed by atoms with Crippen molar-refractivity contribution in [3.63, 3.8) is 0 Å². The lowest BCUT2D eigenvalue weighted by Crippen LogP contribution is -2.61. The maximum Gasteiger partial charge on any atom is 0.211 e. The van der Waals surface area contributed by atoms with Crippen LogP contribution < -0.4 is 0 Å². The summed E-state index contributed by atoms with van der Waals surface area (Å²) in [6, 6.07) is 0. The molecule has 10 nitrogen and oxygen atoms in total. The Morgan fingerprint density at radius 3 is 2.40 bits per heavy atom. The maximum atomic E-state index is 10.6. The largest absolute Gasteiger partial charge is 0.472 e. The molecule has 1 fully saturated rings. The third kappa shape index (κ3) is 2.99. The van der Waals surface area contributed by atoms with Gasteiger partial charge in [0.2, 0.25) is 6.29 Å². The van der Waals surface area contributed by atoms with Crippen molar-refractivity contribution < 1.29 is 50.0 Å². The zero-order valence-electron chi connectivity index (χ0n) is 13.1. The van der Waals surface area contributed by atoms with Crippen LogP contribution in [0.5, 0.6) is 0 Å². The van der Waals surface area contributed by atoms with Crippen LogP contribution in [0.25, 0.3) is 0 Å². The van der Waals surface area contributed by atoms with Gasteiger partial charge in [0.25, 0.3) is 0 Å². The molecule has 0 aromatic carbocycles. The molecule has 7 N–H and O–H groups in total. The molecule has 2 aliphatic heterocycles. The lowest BCUT2D eigenvalue weighted by molar-refractivity contribution is -0.344. The summed E-state index contributed by atoms with van der Waals surface area (Å²) in [5.41, 5.74) is -1.50. The molecule has 0 aromatic heterocycles. The molecule has 2 heterocycles. The van der Waals surface area contributed by atoms with Crippen molar-refractivity contribution in [2.24, 2.45) is 5.92 Å². The van der Waals surface area contributed by atoms with Crippen molar-refractivity contribution in [3.8, 4) is 0 Å². The molecule has 0 amide bonds. The van der Waals surface area contributed by atoms with E-state index in [-0.39, 0.29) is 5.57 Å². The Balaban J connectivity index is 1.80. The molecule has 9 atom stereocenters. The van der Waals surface area contributed by atoms with Gasteiger partial charge in [0, 0.05) is 0 Å². The Morgan fingerprint density at radius 1 is 1.04 bits per heavy atom. The van der Waals surface area contributed by atoms with Crippen LogP contribution in [0, 0.1) is 5.92 Å². The summed E-state index contributed by atoms with van der Waals surface area (Å²) in [5.74, 6) is -0.982. The van der Waals surface area contributed by atoms with Crippen molar-refractivity contribution in [1.82, 2.24) is 0 Å². The monoisotopic (exact) mass is 362 g/mol. The van der Waals surface area contributed by atoms with E-state index in [2.05, 4.69) is 0 Å². The fraction of sp³-hybridized carbons (Fsp3) is 0.733. The summed E-state index contributed by atoms with van der Waals surface area (Å²) < 4.78 is 16.0. The number of rotatable bonds is 4. The molecule has 25 heavy (non-hydrogen) atoms. The summed E-state index contributed by atoms with van der Waals surface area (Å²) in [6.45, 7) is -1.08. The molecular weight excluding hydrogens is 340 g/mol. The van der Waals surface area contributed by atoms with E-state index in [1.54, 1.807) is 0 Å². The lowest BCUT2D eigenvalue weighted by atomic mass is 9.83. The molecule has 0 bridgehead atoms. The van der Waals surface area contributed by atoms with Crippen LogP contribution in [0.15, 0.2) is 24.0 Å². The van der Waals surface area contributed by atoms with E-state index in [0.717, 1.165) is 6.26 Å². The first-order valence-electron chi connectivity index (χ1n) is 7.84. The minimum absolute atomic E-state index is 0.272. The average Bonchev–Trinajstić information content (AvgIpc) is 2.87. The summed E-state index contributed by atoms with van der Waals surface area (Å²) in [6.07, 6.45) is -6.37. The number of ether oxygens (including phenoxy) is 3. The second kappa shape index (κ2) is 6.91. The first-order chi connectivity index (χ1) is 11.8. The average molecular weight is 362 g/mol. The van der Waals surface area contributed by atoms with Gasteiger partial charge in [-0.25, -0.2) is 0 Å². The third-order valence-corrected chi connectivity index (χ3v) is 4.86. The van der Waals surface area contributed by atoms with Crippen LogP contribution in [-0.2, 0) is 14.2 Å². The summed E-state index contributed by atoms with van der Waals surface area (Å²) >= 11 is 0. The molecule has 1 aliphatic carbocycles. The highest BCUT2D eigenvalue weighted by Crippen LogP contribution is 2.43. The summed E-state index contributed by atoms with van der Waals surface area (Å²) in [5, 5.41) is 69.0. The van der Waals surface area contributed by atoms with Crippen molar-refractivity contribution in [2.45, 2.75) is 48.7 Å². The van der Waals surface area contributed by atoms with E-state index in [4.69, 9.17) is 14.2 Å². The van der Waals surface area contributed by atoms with Gasteiger partial charge in [0.15, 0.2) is 6.29 Å². The predicted molar refractivity (Wildman–Crippen MR) is 78.5 cm³/mol. The molecule has 142 valence electrons. The summed E-state index contributed by atoms with van der Waals surface area (Å²) in [4.78, 5) is 0. The van der Waals surface area contributed by atoms with Crippen molar-refractivity contribution in [2.75, 3.05) is 13.2 Å². The van der Waals surface area contributed by atoms with E-state index in [9.17, 15) is 35.7 Å². The number of aliphatic hydroxyl groups is 7. The zero-order valence-corrected chi connectivity index (χ0v) is 13.1. The predicted octanol–water partition coefficient (Wildman–Crippen LogP) is -3.69. The number of aliphatic hydroxyl groups excluding tert-OH is 6. The van der Waals surface area contributed by atoms with Gasteiger partial charge >= 0.3 is 0 Å². The van der Waals surface area contributed by atoms with Gasteiger partial charge in [0.1, 0.15) is 36.1 Å². The second-order valence-corrected chi connectivity index (χ2v) is 6.35. The van der Waals surface area contributed by atoms with Crippen LogP contribution >= 0.6 is 0 Å². The van der Waals surface area contributed by atoms with Crippen molar-refractivity contribution >= 4 is 0 Å². The Kier molecular flexibility index (Phi) is 5.17. The Labute approximate surface area is 142 Å². The second-order valence-electron chi connectivity index (χ2n) is 6.35. The normalized spacial score (nSPS) is 49.5. The van der Waals surface area contributed by atoms with Crippen molar-refractivity contribution in [1.29, 1.82) is 0 Å². The Morgan fingerprint density at radius 2 is 1.76 bits per heavy atom. The molecule has 0 aromatic rings. The highest BCUT2D eigenvalue weighted by molar-refractivity contribution is 5.33. The van der Waals surface area contributed by atoms with E-state index in [0.29, 0.717) is 0 Å². The van der Waals surface area contributed by atoms with E-state index >= 15 is 0 Å². The lowest BCUT2D eigenvalue weighted by Gasteiger charge is -2.44. The van der Waals surface area contributed by atoms with Gasteiger partial charge < -0.3 is 50.0 Å². The van der Waals surface area contributed by atoms with Gasteiger partial charge in [0.05, 0.1) is 25.4 Å². The molecule has 0 saturated carbocycles. The first kappa shape index (κ1) is 18.7. The molecule has 10 heteroatoms. The van der Waals surface area contributed by atoms with Crippen LogP contribution in [0.1, 0.15) is 0 Å². The topological polar surface area (TPSA) is 169 Å². The Hall–Kier alpha value is -1.08. The van der Waals surface area contributed by atoms with Gasteiger partial charge in [-0.1, -0.05) is 6.08 Å². The Bertz CT molecular complexity index is 548. The number of fused-ring (bicyclic) bond motifs is 1. The standard InChI is InChI=1S/C15H22O10/c16-4-6-3-8(18)15(22)1-2-23-13(9(6)15)25-14-12(21)11(20)10(19)7(5-17)24-14/h1-3,7-14,16-22H,4-5H2/t7-,8+,9-,10-,11+,12-,13-,14+,15+/m0/s1. The SMILES string of the molecule is OCC1=C[C@@H](O)[C@]2(O)C=CO[C@@H](O[C@H]3O[C@@H](CO)[C@H](O)[C@@H](O)[C@@H]3O)[C@H]12. The van der Waals surface area contributed by atoms with E-state index in [1.807, 2.05) is 0 Å². The molecule has 0 unspecified atom stereocenters. The highest BCUT2D eigenvalue weighted by Gasteiger charge is 2.55. The number of hydrogen-bond acceptors (Lipinski definition) is 10. The van der Waals surface area contributed by atoms with Crippen molar-refractivity contribution in [3.05, 3.63) is 24.0 Å². The van der Waals surface area contributed by atoms with E-state index < -0.39 is 67.8 Å². The number of hydrogen-bond donors (Lipinski definition) is 7. The summed E-state index contributed by atoms with van der Waals surface area (Å²) in [7, 11) is 0.